The van der Waals surface area contributed by atoms with Gasteiger partial charge in [-0.3, -0.25) is 14.9 Å². The molecular formula is C19H22N8O3. The van der Waals surface area contributed by atoms with Gasteiger partial charge in [-0.2, -0.15) is 0 Å². The molecule has 11 heteroatoms. The number of piperidine rings is 1. The van der Waals surface area contributed by atoms with E-state index in [1.165, 1.54) is 16.8 Å². The number of hydrogen-bond acceptors (Lipinski definition) is 8. The Kier molecular flexibility index (Phi) is 5.25. The van der Waals surface area contributed by atoms with Crippen molar-refractivity contribution in [3.05, 3.63) is 52.1 Å². The van der Waals surface area contributed by atoms with Crippen LogP contribution in [0, 0.1) is 16.0 Å². The molecule has 1 fully saturated rings. The van der Waals surface area contributed by atoms with Crippen molar-refractivity contribution < 1.29 is 9.72 Å². The number of rotatable bonds is 5. The van der Waals surface area contributed by atoms with Gasteiger partial charge in [0.1, 0.15) is 0 Å². The van der Waals surface area contributed by atoms with Crippen molar-refractivity contribution in [1.29, 1.82) is 0 Å². The predicted molar refractivity (Wildman–Crippen MR) is 108 cm³/mol. The Morgan fingerprint density at radius 2 is 2.03 bits per heavy atom. The molecule has 3 aromatic rings. The summed E-state index contributed by atoms with van der Waals surface area (Å²) in [6.45, 7) is 3.30. The molecule has 1 atom stereocenters. The first-order valence-corrected chi connectivity index (χ1v) is 9.75. The van der Waals surface area contributed by atoms with E-state index < -0.39 is 4.92 Å². The minimum atomic E-state index is -0.422. The number of amides is 1. The van der Waals surface area contributed by atoms with E-state index in [-0.39, 0.29) is 23.6 Å². The Bertz CT molecular complexity index is 1080. The summed E-state index contributed by atoms with van der Waals surface area (Å²) in [5.74, 6) is 0.737. The number of carbonyl (C=O) groups is 1. The molecule has 1 saturated heterocycles. The Morgan fingerprint density at radius 1 is 1.27 bits per heavy atom. The number of nitrogens with zero attached hydrogens (tertiary/aromatic N) is 8. The fourth-order valence-corrected chi connectivity index (χ4v) is 3.77. The molecule has 2 aromatic heterocycles. The zero-order valence-corrected chi connectivity index (χ0v) is 16.7. The summed E-state index contributed by atoms with van der Waals surface area (Å²) < 4.78 is 1.39. The fraction of sp³-hybridized carbons (Fsp3) is 0.421. The molecule has 11 nitrogen and oxygen atoms in total. The lowest BCUT2D eigenvalue weighted by atomic mass is 9.94. The van der Waals surface area contributed by atoms with E-state index in [2.05, 4.69) is 25.5 Å². The van der Waals surface area contributed by atoms with Crippen molar-refractivity contribution in [2.45, 2.75) is 25.8 Å². The van der Waals surface area contributed by atoms with E-state index >= 15 is 0 Å². The second kappa shape index (κ2) is 8.01. The Morgan fingerprint density at radius 3 is 2.77 bits per heavy atom. The molecule has 0 saturated carbocycles. The number of benzene rings is 1. The molecule has 1 aromatic carbocycles. The number of fused-ring (bicyclic) bond motifs is 1. The zero-order chi connectivity index (χ0) is 21.3. The molecule has 0 radical (unpaired) electrons. The smallest absolute Gasteiger partial charge is 0.269 e. The van der Waals surface area contributed by atoms with Gasteiger partial charge in [0, 0.05) is 38.2 Å². The maximum Gasteiger partial charge on any atom is 0.269 e. The third kappa shape index (κ3) is 3.78. The summed E-state index contributed by atoms with van der Waals surface area (Å²) in [7, 11) is 1.76. The van der Waals surface area contributed by atoms with Gasteiger partial charge >= 0.3 is 0 Å². The van der Waals surface area contributed by atoms with Crippen LogP contribution in [0.4, 0.5) is 11.5 Å². The van der Waals surface area contributed by atoms with E-state index in [0.717, 1.165) is 11.4 Å². The third-order valence-corrected chi connectivity index (χ3v) is 5.72. The van der Waals surface area contributed by atoms with Crippen LogP contribution in [0.5, 0.6) is 0 Å². The summed E-state index contributed by atoms with van der Waals surface area (Å²) in [4.78, 5) is 27.5. The average Bonchev–Trinajstić information content (AvgIpc) is 3.25. The Balaban J connectivity index is 1.39. The van der Waals surface area contributed by atoms with E-state index in [1.54, 1.807) is 18.0 Å². The van der Waals surface area contributed by atoms with E-state index in [9.17, 15) is 14.9 Å². The zero-order valence-electron chi connectivity index (χ0n) is 16.7. The Labute approximate surface area is 172 Å². The SMILES string of the molecule is CC(c1cccc([N+](=O)[O-])c1)N(C)C(=O)C1CCN(c2ccc3nnnn3n2)CC1. The lowest BCUT2D eigenvalue weighted by molar-refractivity contribution is -0.384. The highest BCUT2D eigenvalue weighted by atomic mass is 16.6. The van der Waals surface area contributed by atoms with Crippen molar-refractivity contribution in [1.82, 2.24) is 30.2 Å². The first kappa shape index (κ1) is 19.7. The normalized spacial score (nSPS) is 15.9. The van der Waals surface area contributed by atoms with Crippen LogP contribution in [0.2, 0.25) is 0 Å². The monoisotopic (exact) mass is 410 g/mol. The minimum Gasteiger partial charge on any atom is -0.355 e. The van der Waals surface area contributed by atoms with Crippen LogP contribution < -0.4 is 4.90 Å². The van der Waals surface area contributed by atoms with Crippen molar-refractivity contribution in [2.75, 3.05) is 25.0 Å². The molecule has 0 spiro atoms. The second-order valence-electron chi connectivity index (χ2n) is 7.46. The van der Waals surface area contributed by atoms with E-state index in [4.69, 9.17) is 0 Å². The van der Waals surface area contributed by atoms with Crippen molar-refractivity contribution in [3.8, 4) is 0 Å². The number of nitro groups is 1. The molecule has 30 heavy (non-hydrogen) atoms. The summed E-state index contributed by atoms with van der Waals surface area (Å²) in [5.41, 5.74) is 1.36. The molecule has 0 aliphatic carbocycles. The average molecular weight is 410 g/mol. The van der Waals surface area contributed by atoms with Crippen LogP contribution in [0.25, 0.3) is 5.65 Å². The third-order valence-electron chi connectivity index (χ3n) is 5.72. The molecule has 4 rings (SSSR count). The first-order valence-electron chi connectivity index (χ1n) is 9.75. The first-order chi connectivity index (χ1) is 14.4. The number of hydrogen-bond donors (Lipinski definition) is 0. The number of anilines is 1. The van der Waals surface area contributed by atoms with Crippen molar-refractivity contribution >= 4 is 23.1 Å². The van der Waals surface area contributed by atoms with Gasteiger partial charge in [0.15, 0.2) is 11.5 Å². The largest absolute Gasteiger partial charge is 0.355 e. The lowest BCUT2D eigenvalue weighted by Gasteiger charge is -2.35. The maximum absolute atomic E-state index is 13.0. The molecule has 156 valence electrons. The summed E-state index contributed by atoms with van der Waals surface area (Å²) in [6, 6.07) is 9.88. The van der Waals surface area contributed by atoms with Gasteiger partial charge in [-0.05, 0) is 47.9 Å². The van der Waals surface area contributed by atoms with E-state index in [0.29, 0.717) is 31.6 Å². The molecular weight excluding hydrogens is 388 g/mol. The van der Waals surface area contributed by atoms with Crippen LogP contribution in [0.3, 0.4) is 0 Å². The van der Waals surface area contributed by atoms with Gasteiger partial charge in [0.2, 0.25) is 5.91 Å². The highest BCUT2D eigenvalue weighted by Crippen LogP contribution is 2.28. The van der Waals surface area contributed by atoms with Crippen LogP contribution in [0.15, 0.2) is 36.4 Å². The van der Waals surface area contributed by atoms with Crippen LogP contribution >= 0.6 is 0 Å². The molecule has 0 bridgehead atoms. The molecule has 1 amide bonds. The Hall–Kier alpha value is -3.63. The van der Waals surface area contributed by atoms with Gasteiger partial charge < -0.3 is 9.80 Å². The number of carbonyl (C=O) groups excluding carboxylic acids is 1. The standard InChI is InChI=1S/C19H22N8O3/c1-13(15-4-3-5-16(12-15)27(29)30)24(2)19(28)14-8-10-25(11-9-14)18-7-6-17-20-22-23-26(17)21-18/h3-7,12-14H,8-11H2,1-2H3. The van der Waals surface area contributed by atoms with Gasteiger partial charge in [0.05, 0.1) is 11.0 Å². The number of non-ortho nitro benzene ring substituents is 1. The van der Waals surface area contributed by atoms with Crippen molar-refractivity contribution in [2.24, 2.45) is 5.92 Å². The molecule has 1 unspecified atom stereocenters. The van der Waals surface area contributed by atoms with Gasteiger partial charge in [-0.15, -0.1) is 14.8 Å². The van der Waals surface area contributed by atoms with E-state index in [1.807, 2.05) is 25.1 Å². The molecule has 0 N–H and O–H groups in total. The molecule has 3 heterocycles. The van der Waals surface area contributed by atoms with Crippen molar-refractivity contribution in [3.63, 3.8) is 0 Å². The number of nitro benzene ring substituents is 1. The predicted octanol–water partition coefficient (Wildman–Crippen LogP) is 1.86. The van der Waals surface area contributed by atoms with Gasteiger partial charge in [0.25, 0.3) is 5.69 Å². The van der Waals surface area contributed by atoms with Gasteiger partial charge in [-0.1, -0.05) is 12.1 Å². The summed E-state index contributed by atoms with van der Waals surface area (Å²) >= 11 is 0. The minimum absolute atomic E-state index is 0.0283. The van der Waals surface area contributed by atoms with Crippen LogP contribution in [0.1, 0.15) is 31.4 Å². The fourth-order valence-electron chi connectivity index (χ4n) is 3.77. The van der Waals surface area contributed by atoms with Crippen LogP contribution in [-0.4, -0.2) is 61.1 Å². The molecule has 1 aliphatic heterocycles. The quantitative estimate of drug-likeness (QED) is 0.461. The maximum atomic E-state index is 13.0. The number of aromatic nitrogens is 5. The summed E-state index contributed by atoms with van der Waals surface area (Å²) in [6.07, 6.45) is 1.42. The molecule has 1 aliphatic rings. The van der Waals surface area contributed by atoms with Gasteiger partial charge in [-0.25, -0.2) is 0 Å². The number of tetrazole rings is 1. The second-order valence-corrected chi connectivity index (χ2v) is 7.46. The van der Waals surface area contributed by atoms with Crippen LogP contribution in [-0.2, 0) is 4.79 Å². The summed E-state index contributed by atoms with van der Waals surface area (Å²) in [5, 5.41) is 26.7. The topological polar surface area (TPSA) is 123 Å². The lowest BCUT2D eigenvalue weighted by Crippen LogP contribution is -2.42. The highest BCUT2D eigenvalue weighted by Gasteiger charge is 2.30. The highest BCUT2D eigenvalue weighted by molar-refractivity contribution is 5.79.